The highest BCUT2D eigenvalue weighted by molar-refractivity contribution is 7.10. The number of fused-ring (bicyclic) bond motifs is 1. The smallest absolute Gasteiger partial charge is 0.239 e. The van der Waals surface area contributed by atoms with Crippen LogP contribution < -0.4 is 15.5 Å². The number of para-hydroxylation sites is 2. The minimum absolute atomic E-state index is 0.0286. The van der Waals surface area contributed by atoms with Crippen molar-refractivity contribution in [3.05, 3.63) is 57.9 Å². The third kappa shape index (κ3) is 4.08. The first-order valence-electron chi connectivity index (χ1n) is 11.6. The molecule has 1 fully saturated rings. The topological polar surface area (TPSA) is 61.4 Å². The molecule has 6 heteroatoms. The van der Waals surface area contributed by atoms with Gasteiger partial charge >= 0.3 is 0 Å². The Bertz CT molecular complexity index is 1050. The van der Waals surface area contributed by atoms with E-state index >= 15 is 0 Å². The van der Waals surface area contributed by atoms with Gasteiger partial charge in [-0.15, -0.1) is 11.3 Å². The van der Waals surface area contributed by atoms with E-state index in [1.165, 1.54) is 12.8 Å². The van der Waals surface area contributed by atoms with Gasteiger partial charge in [-0.05, 0) is 48.3 Å². The lowest BCUT2D eigenvalue weighted by molar-refractivity contribution is -0.121. The summed E-state index contributed by atoms with van der Waals surface area (Å²) in [5.74, 6) is 0.206. The summed E-state index contributed by atoms with van der Waals surface area (Å²) in [4.78, 5) is 30.0. The largest absolute Gasteiger partial charge is 0.357 e. The molecule has 0 radical (unpaired) electrons. The van der Waals surface area contributed by atoms with Crippen LogP contribution in [0.15, 0.2) is 53.0 Å². The van der Waals surface area contributed by atoms with E-state index < -0.39 is 0 Å². The molecule has 5 nitrogen and oxygen atoms in total. The monoisotopic (exact) mass is 449 g/mol. The summed E-state index contributed by atoms with van der Waals surface area (Å²) in [7, 11) is 0. The molecular formula is C26H31N3O2S. The molecule has 32 heavy (non-hydrogen) atoms. The Morgan fingerprint density at radius 2 is 1.94 bits per heavy atom. The van der Waals surface area contributed by atoms with Crippen LogP contribution in [0.4, 0.5) is 11.4 Å². The third-order valence-electron chi connectivity index (χ3n) is 6.85. The van der Waals surface area contributed by atoms with Crippen LogP contribution in [0.25, 0.3) is 0 Å². The van der Waals surface area contributed by atoms with Gasteiger partial charge < -0.3 is 15.5 Å². The first-order chi connectivity index (χ1) is 15.4. The Kier molecular flexibility index (Phi) is 5.58. The Balaban J connectivity index is 1.60. The molecule has 168 valence electrons. The molecule has 5 rings (SSSR count). The van der Waals surface area contributed by atoms with Crippen molar-refractivity contribution in [2.45, 2.75) is 64.5 Å². The molecule has 2 N–H and O–H groups in total. The van der Waals surface area contributed by atoms with Gasteiger partial charge in [0.05, 0.1) is 24.0 Å². The molecule has 1 atom stereocenters. The molecule has 1 aromatic heterocycles. The lowest BCUT2D eigenvalue weighted by Gasteiger charge is -2.37. The number of nitrogens with one attached hydrogen (secondary N) is 2. The quantitative estimate of drug-likeness (QED) is 0.654. The van der Waals surface area contributed by atoms with E-state index in [1.807, 2.05) is 29.6 Å². The van der Waals surface area contributed by atoms with Gasteiger partial charge in [-0.2, -0.15) is 0 Å². The summed E-state index contributed by atoms with van der Waals surface area (Å²) in [5, 5.41) is 8.90. The Morgan fingerprint density at radius 3 is 2.69 bits per heavy atom. The summed E-state index contributed by atoms with van der Waals surface area (Å²) >= 11 is 1.65. The fraction of sp³-hybridized carbons (Fsp3) is 0.462. The first kappa shape index (κ1) is 21.3. The predicted molar refractivity (Wildman–Crippen MR) is 130 cm³/mol. The predicted octanol–water partition coefficient (Wildman–Crippen LogP) is 5.42. The van der Waals surface area contributed by atoms with Gasteiger partial charge in [0.2, 0.25) is 5.91 Å². The molecule has 0 saturated heterocycles. The van der Waals surface area contributed by atoms with Crippen LogP contribution in [-0.2, 0) is 9.59 Å². The molecule has 1 aliphatic heterocycles. The van der Waals surface area contributed by atoms with Crippen LogP contribution in [-0.4, -0.2) is 24.3 Å². The molecular weight excluding hydrogens is 418 g/mol. The average Bonchev–Trinajstić information content (AvgIpc) is 3.41. The maximum absolute atomic E-state index is 13.5. The van der Waals surface area contributed by atoms with Gasteiger partial charge in [0.1, 0.15) is 0 Å². The molecule has 0 bridgehead atoms. The maximum Gasteiger partial charge on any atom is 0.239 e. The summed E-state index contributed by atoms with van der Waals surface area (Å²) in [6, 6.07) is 12.2. The summed E-state index contributed by atoms with van der Waals surface area (Å²) in [5.41, 5.74) is 3.64. The van der Waals surface area contributed by atoms with Crippen molar-refractivity contribution < 1.29 is 9.59 Å². The molecule has 1 saturated carbocycles. The van der Waals surface area contributed by atoms with Crippen LogP contribution in [0.2, 0.25) is 0 Å². The Labute approximate surface area is 193 Å². The molecule has 2 aliphatic carbocycles. The highest BCUT2D eigenvalue weighted by Crippen LogP contribution is 2.48. The summed E-state index contributed by atoms with van der Waals surface area (Å²) in [6.07, 6.45) is 5.81. The van der Waals surface area contributed by atoms with Gasteiger partial charge in [-0.3, -0.25) is 9.59 Å². The zero-order valence-electron chi connectivity index (χ0n) is 18.8. The van der Waals surface area contributed by atoms with Crippen molar-refractivity contribution in [3.8, 4) is 0 Å². The molecule has 3 aliphatic rings. The summed E-state index contributed by atoms with van der Waals surface area (Å²) in [6.45, 7) is 4.53. The van der Waals surface area contributed by atoms with E-state index in [2.05, 4.69) is 41.5 Å². The number of ketones is 1. The SMILES string of the molecule is CC1(C)CC(=O)C2=C(C1)Nc1ccccc1N(CC(=O)NC1CCCC1)[C@H]2c1cccs1. The highest BCUT2D eigenvalue weighted by Gasteiger charge is 2.42. The van der Waals surface area contributed by atoms with Crippen LogP contribution in [0.5, 0.6) is 0 Å². The van der Waals surface area contributed by atoms with Crippen molar-refractivity contribution >= 4 is 34.4 Å². The highest BCUT2D eigenvalue weighted by atomic mass is 32.1. The van der Waals surface area contributed by atoms with Crippen LogP contribution >= 0.6 is 11.3 Å². The first-order valence-corrected chi connectivity index (χ1v) is 12.5. The number of Topliss-reactive ketones (excluding diaryl/α,β-unsaturated/α-hetero) is 1. The van der Waals surface area contributed by atoms with E-state index in [4.69, 9.17) is 0 Å². The second-order valence-electron chi connectivity index (χ2n) is 10.1. The van der Waals surface area contributed by atoms with Gasteiger partial charge in [0, 0.05) is 28.6 Å². The number of anilines is 2. The van der Waals surface area contributed by atoms with Crippen LogP contribution in [0.1, 0.15) is 63.3 Å². The fourth-order valence-corrected chi connectivity index (χ4v) is 6.31. The number of thiophene rings is 1. The van der Waals surface area contributed by atoms with E-state index in [0.717, 1.165) is 46.8 Å². The van der Waals surface area contributed by atoms with Gasteiger partial charge in [-0.1, -0.05) is 44.9 Å². The number of benzene rings is 1. The maximum atomic E-state index is 13.5. The molecule has 1 aromatic carbocycles. The average molecular weight is 450 g/mol. The standard InChI is InChI=1S/C26H31N3O2S/c1-26(2)14-19-24(21(30)15-26)25(22-12-7-13-32-22)29(20-11-6-5-10-18(20)28-19)16-23(31)27-17-8-3-4-9-17/h5-7,10-13,17,25,28H,3-4,8-9,14-16H2,1-2H3,(H,27,31)/t25-/m0/s1. The minimum atomic E-state index is -0.265. The number of allylic oxidation sites excluding steroid dienone is 1. The van der Waals surface area contributed by atoms with E-state index in [0.29, 0.717) is 6.42 Å². The van der Waals surface area contributed by atoms with E-state index in [1.54, 1.807) is 11.3 Å². The lowest BCUT2D eigenvalue weighted by atomic mass is 9.74. The normalized spacial score (nSPS) is 22.8. The number of hydrogen-bond donors (Lipinski definition) is 2. The van der Waals surface area contributed by atoms with Crippen LogP contribution in [0, 0.1) is 5.41 Å². The molecule has 2 heterocycles. The number of rotatable bonds is 4. The van der Waals surface area contributed by atoms with Crippen molar-refractivity contribution in [2.75, 3.05) is 16.8 Å². The van der Waals surface area contributed by atoms with E-state index in [9.17, 15) is 9.59 Å². The number of carbonyl (C=O) groups excluding carboxylic acids is 2. The number of amides is 1. The molecule has 0 spiro atoms. The number of carbonyl (C=O) groups is 2. The second-order valence-corrected chi connectivity index (χ2v) is 11.0. The van der Waals surface area contributed by atoms with Crippen molar-refractivity contribution in [2.24, 2.45) is 5.41 Å². The molecule has 2 aromatic rings. The zero-order chi connectivity index (χ0) is 22.3. The van der Waals surface area contributed by atoms with Gasteiger partial charge in [0.25, 0.3) is 0 Å². The minimum Gasteiger partial charge on any atom is -0.357 e. The Morgan fingerprint density at radius 1 is 1.16 bits per heavy atom. The molecule has 0 unspecified atom stereocenters. The zero-order valence-corrected chi connectivity index (χ0v) is 19.6. The van der Waals surface area contributed by atoms with E-state index in [-0.39, 0.29) is 35.7 Å². The van der Waals surface area contributed by atoms with Crippen LogP contribution in [0.3, 0.4) is 0 Å². The van der Waals surface area contributed by atoms with Gasteiger partial charge in [-0.25, -0.2) is 0 Å². The van der Waals surface area contributed by atoms with Crippen molar-refractivity contribution in [1.29, 1.82) is 0 Å². The number of hydrogen-bond acceptors (Lipinski definition) is 5. The number of nitrogens with zero attached hydrogens (tertiary/aromatic N) is 1. The van der Waals surface area contributed by atoms with Crippen molar-refractivity contribution in [3.63, 3.8) is 0 Å². The lowest BCUT2D eigenvalue weighted by Crippen LogP contribution is -2.44. The second kappa shape index (κ2) is 8.39. The molecule has 1 amide bonds. The Hall–Kier alpha value is -2.60. The van der Waals surface area contributed by atoms with Gasteiger partial charge in [0.15, 0.2) is 5.78 Å². The van der Waals surface area contributed by atoms with Crippen molar-refractivity contribution in [1.82, 2.24) is 5.32 Å². The fourth-order valence-electron chi connectivity index (χ4n) is 5.47. The third-order valence-corrected chi connectivity index (χ3v) is 7.78. The summed E-state index contributed by atoms with van der Waals surface area (Å²) < 4.78 is 0.